The van der Waals surface area contributed by atoms with Crippen molar-refractivity contribution in [2.75, 3.05) is 13.7 Å². The van der Waals surface area contributed by atoms with E-state index in [0.717, 1.165) is 24.2 Å². The van der Waals surface area contributed by atoms with E-state index in [1.807, 2.05) is 18.2 Å². The van der Waals surface area contributed by atoms with Crippen molar-refractivity contribution in [3.63, 3.8) is 0 Å². The second-order valence-corrected chi connectivity index (χ2v) is 3.79. The average Bonchev–Trinajstić information content (AvgIpc) is 2.29. The molecule has 1 N–H and O–H groups in total. The van der Waals surface area contributed by atoms with Crippen LogP contribution in [0.15, 0.2) is 18.2 Å². The van der Waals surface area contributed by atoms with Crippen molar-refractivity contribution < 1.29 is 14.6 Å². The van der Waals surface area contributed by atoms with Crippen molar-refractivity contribution in [2.24, 2.45) is 0 Å². The lowest BCUT2D eigenvalue weighted by Crippen LogP contribution is -2.00. The van der Waals surface area contributed by atoms with E-state index in [4.69, 9.17) is 9.47 Å². The third kappa shape index (κ3) is 3.42. The van der Waals surface area contributed by atoms with Crippen LogP contribution in [0, 0.1) is 0 Å². The van der Waals surface area contributed by atoms with Gasteiger partial charge in [-0.1, -0.05) is 19.4 Å². The molecule has 0 aromatic heterocycles. The first-order valence-corrected chi connectivity index (χ1v) is 5.67. The summed E-state index contributed by atoms with van der Waals surface area (Å²) in [7, 11) is 1.60. The quantitative estimate of drug-likeness (QED) is 0.755. The Balaban J connectivity index is 2.76. The second kappa shape index (κ2) is 6.38. The summed E-state index contributed by atoms with van der Waals surface area (Å²) >= 11 is 0. The molecule has 1 rings (SSSR count). The molecule has 0 radical (unpaired) electrons. The minimum atomic E-state index is -0.487. The molecule has 0 aliphatic rings. The lowest BCUT2D eigenvalue weighted by Gasteiger charge is -2.13. The lowest BCUT2D eigenvalue weighted by atomic mass is 10.1. The van der Waals surface area contributed by atoms with Gasteiger partial charge in [0.2, 0.25) is 0 Å². The minimum Gasteiger partial charge on any atom is -0.493 e. The van der Waals surface area contributed by atoms with Crippen molar-refractivity contribution in [3.05, 3.63) is 23.8 Å². The van der Waals surface area contributed by atoms with Crippen LogP contribution in [0.2, 0.25) is 0 Å². The number of hydrogen-bond donors (Lipinski definition) is 1. The molecule has 0 spiro atoms. The van der Waals surface area contributed by atoms with Crippen LogP contribution in [0.5, 0.6) is 11.5 Å². The number of rotatable bonds is 6. The predicted octanol–water partition coefficient (Wildman–Crippen LogP) is 2.93. The van der Waals surface area contributed by atoms with Crippen LogP contribution in [0.1, 0.15) is 38.4 Å². The maximum atomic E-state index is 9.45. The molecule has 0 saturated carbocycles. The Morgan fingerprint density at radius 1 is 1.31 bits per heavy atom. The molecule has 0 amide bonds. The minimum absolute atomic E-state index is 0.487. The molecule has 0 heterocycles. The monoisotopic (exact) mass is 224 g/mol. The Bertz CT molecular complexity index is 321. The number of hydrogen-bond acceptors (Lipinski definition) is 3. The van der Waals surface area contributed by atoms with Crippen molar-refractivity contribution in [1.29, 1.82) is 0 Å². The molecule has 0 fully saturated rings. The zero-order valence-corrected chi connectivity index (χ0v) is 10.2. The lowest BCUT2D eigenvalue weighted by molar-refractivity contribution is 0.198. The molecule has 0 aliphatic carbocycles. The van der Waals surface area contributed by atoms with Gasteiger partial charge in [-0.2, -0.15) is 0 Å². The van der Waals surface area contributed by atoms with E-state index in [1.54, 1.807) is 14.0 Å². The van der Waals surface area contributed by atoms with Gasteiger partial charge in [-0.05, 0) is 31.0 Å². The number of aliphatic hydroxyl groups excluding tert-OH is 1. The summed E-state index contributed by atoms with van der Waals surface area (Å²) in [6.45, 7) is 4.55. The van der Waals surface area contributed by atoms with E-state index >= 15 is 0 Å². The van der Waals surface area contributed by atoms with Crippen molar-refractivity contribution in [1.82, 2.24) is 0 Å². The Morgan fingerprint density at radius 3 is 2.62 bits per heavy atom. The summed E-state index contributed by atoms with van der Waals surface area (Å²) in [5, 5.41) is 9.45. The number of unbranched alkanes of at least 4 members (excludes halogenated alkanes) is 1. The predicted molar refractivity (Wildman–Crippen MR) is 64.0 cm³/mol. The standard InChI is InChI=1S/C13H20O3/c1-4-5-8-16-12-7-6-11(10(2)14)9-13(12)15-3/h6-7,9-10,14H,4-5,8H2,1-3H3/t10-/m1/s1. The fourth-order valence-electron chi connectivity index (χ4n) is 1.39. The van der Waals surface area contributed by atoms with Gasteiger partial charge in [-0.3, -0.25) is 0 Å². The van der Waals surface area contributed by atoms with Gasteiger partial charge in [-0.15, -0.1) is 0 Å². The number of benzene rings is 1. The van der Waals surface area contributed by atoms with Crippen LogP contribution < -0.4 is 9.47 Å². The molecule has 90 valence electrons. The highest BCUT2D eigenvalue weighted by Gasteiger charge is 2.08. The van der Waals surface area contributed by atoms with E-state index < -0.39 is 6.10 Å². The highest BCUT2D eigenvalue weighted by molar-refractivity contribution is 5.43. The third-order valence-electron chi connectivity index (χ3n) is 2.43. The molecule has 0 aliphatic heterocycles. The molecular weight excluding hydrogens is 204 g/mol. The van der Waals surface area contributed by atoms with E-state index in [2.05, 4.69) is 6.92 Å². The first-order chi connectivity index (χ1) is 7.69. The SMILES string of the molecule is CCCCOc1ccc([C@@H](C)O)cc1OC. The smallest absolute Gasteiger partial charge is 0.161 e. The fourth-order valence-corrected chi connectivity index (χ4v) is 1.39. The molecule has 1 atom stereocenters. The molecule has 16 heavy (non-hydrogen) atoms. The van der Waals surface area contributed by atoms with Gasteiger partial charge in [0.1, 0.15) is 0 Å². The third-order valence-corrected chi connectivity index (χ3v) is 2.43. The summed E-state index contributed by atoms with van der Waals surface area (Å²) < 4.78 is 10.8. The van der Waals surface area contributed by atoms with Gasteiger partial charge in [0.25, 0.3) is 0 Å². The van der Waals surface area contributed by atoms with Gasteiger partial charge in [0, 0.05) is 0 Å². The summed E-state index contributed by atoms with van der Waals surface area (Å²) in [5.41, 5.74) is 0.833. The molecular formula is C13H20O3. The van der Waals surface area contributed by atoms with Crippen LogP contribution in [-0.2, 0) is 0 Å². The summed E-state index contributed by atoms with van der Waals surface area (Å²) in [6.07, 6.45) is 1.65. The van der Waals surface area contributed by atoms with E-state index in [1.165, 1.54) is 0 Å². The van der Waals surface area contributed by atoms with Crippen molar-refractivity contribution in [3.8, 4) is 11.5 Å². The van der Waals surface area contributed by atoms with Crippen LogP contribution in [0.4, 0.5) is 0 Å². The molecule has 3 heteroatoms. The first-order valence-electron chi connectivity index (χ1n) is 5.67. The van der Waals surface area contributed by atoms with Gasteiger partial charge in [-0.25, -0.2) is 0 Å². The molecule has 0 saturated heterocycles. The Labute approximate surface area is 97.0 Å². The number of aliphatic hydroxyl groups is 1. The largest absolute Gasteiger partial charge is 0.493 e. The van der Waals surface area contributed by atoms with Crippen molar-refractivity contribution >= 4 is 0 Å². The first kappa shape index (κ1) is 12.8. The Morgan fingerprint density at radius 2 is 2.06 bits per heavy atom. The van der Waals surface area contributed by atoms with Crippen LogP contribution >= 0.6 is 0 Å². The van der Waals surface area contributed by atoms with Gasteiger partial charge in [0.05, 0.1) is 19.8 Å². The summed E-state index contributed by atoms with van der Waals surface area (Å²) in [4.78, 5) is 0. The molecule has 3 nitrogen and oxygen atoms in total. The van der Waals surface area contributed by atoms with Gasteiger partial charge < -0.3 is 14.6 Å². The topological polar surface area (TPSA) is 38.7 Å². The number of ether oxygens (including phenoxy) is 2. The average molecular weight is 224 g/mol. The van der Waals surface area contributed by atoms with E-state index in [9.17, 15) is 5.11 Å². The van der Waals surface area contributed by atoms with E-state index in [0.29, 0.717) is 12.4 Å². The second-order valence-electron chi connectivity index (χ2n) is 3.79. The summed E-state index contributed by atoms with van der Waals surface area (Å²) in [5.74, 6) is 1.41. The van der Waals surface area contributed by atoms with Crippen molar-refractivity contribution in [2.45, 2.75) is 32.8 Å². The zero-order chi connectivity index (χ0) is 12.0. The highest BCUT2D eigenvalue weighted by Crippen LogP contribution is 2.30. The molecule has 1 aromatic rings. The molecule has 0 unspecified atom stereocenters. The Hall–Kier alpha value is -1.22. The van der Waals surface area contributed by atoms with Crippen LogP contribution in [0.3, 0.4) is 0 Å². The highest BCUT2D eigenvalue weighted by atomic mass is 16.5. The number of methoxy groups -OCH3 is 1. The molecule has 1 aromatic carbocycles. The van der Waals surface area contributed by atoms with Gasteiger partial charge >= 0.3 is 0 Å². The molecule has 0 bridgehead atoms. The maximum absolute atomic E-state index is 9.45. The van der Waals surface area contributed by atoms with Crippen LogP contribution in [0.25, 0.3) is 0 Å². The normalized spacial score (nSPS) is 12.2. The fraction of sp³-hybridized carbons (Fsp3) is 0.538. The van der Waals surface area contributed by atoms with Crippen LogP contribution in [-0.4, -0.2) is 18.8 Å². The Kier molecular flexibility index (Phi) is 5.12. The zero-order valence-electron chi connectivity index (χ0n) is 10.2. The van der Waals surface area contributed by atoms with Gasteiger partial charge in [0.15, 0.2) is 11.5 Å². The summed E-state index contributed by atoms with van der Waals surface area (Å²) in [6, 6.07) is 5.51. The maximum Gasteiger partial charge on any atom is 0.161 e. The van der Waals surface area contributed by atoms with E-state index in [-0.39, 0.29) is 0 Å².